The Labute approximate surface area is 134 Å². The highest BCUT2D eigenvalue weighted by Crippen LogP contribution is 2.33. The summed E-state index contributed by atoms with van der Waals surface area (Å²) in [7, 11) is 0. The molecule has 0 saturated heterocycles. The van der Waals surface area contributed by atoms with Gasteiger partial charge in [0.1, 0.15) is 5.75 Å². The van der Waals surface area contributed by atoms with Crippen molar-refractivity contribution in [3.8, 4) is 5.75 Å². The lowest BCUT2D eigenvalue weighted by Crippen LogP contribution is -2.22. The monoisotopic (exact) mass is 344 g/mol. The normalized spacial score (nSPS) is 11.5. The molecule has 0 aliphatic rings. The fourth-order valence-electron chi connectivity index (χ4n) is 1.90. The van der Waals surface area contributed by atoms with Crippen LogP contribution in [0.2, 0.25) is 0 Å². The van der Waals surface area contributed by atoms with E-state index < -0.39 is 17.7 Å². The molecule has 1 heterocycles. The molecule has 0 atom stereocenters. The number of alkyl halides is 3. The zero-order valence-corrected chi connectivity index (χ0v) is 13.0. The van der Waals surface area contributed by atoms with E-state index in [1.54, 1.807) is 0 Å². The highest BCUT2D eigenvalue weighted by atomic mass is 32.1. The third-order valence-corrected chi connectivity index (χ3v) is 3.80. The molecule has 0 amide bonds. The summed E-state index contributed by atoms with van der Waals surface area (Å²) in [6.45, 7) is 2.26. The van der Waals surface area contributed by atoms with Crippen LogP contribution in [0, 0.1) is 0 Å². The predicted molar refractivity (Wildman–Crippen MR) is 76.5 cm³/mol. The minimum absolute atomic E-state index is 0.0565. The van der Waals surface area contributed by atoms with Gasteiger partial charge in [0.05, 0.1) is 28.8 Å². The molecule has 0 aliphatic heterocycles. The van der Waals surface area contributed by atoms with Gasteiger partial charge in [-0.25, -0.2) is 4.98 Å². The van der Waals surface area contributed by atoms with Gasteiger partial charge in [0.25, 0.3) is 0 Å². The lowest BCUT2D eigenvalue weighted by Gasteiger charge is -2.13. The number of aromatic nitrogens is 1. The van der Waals surface area contributed by atoms with E-state index in [2.05, 4.69) is 4.98 Å². The number of carbonyl (C=O) groups is 1. The third-order valence-electron chi connectivity index (χ3n) is 2.95. The number of rotatable bonds is 6. The van der Waals surface area contributed by atoms with Crippen LogP contribution in [-0.2, 0) is 12.6 Å². The minimum atomic E-state index is -4.46. The molecule has 0 saturated carbocycles. The van der Waals surface area contributed by atoms with Crippen molar-refractivity contribution in [3.05, 3.63) is 45.4 Å². The number of ether oxygens (including phenoxy) is 1. The standard InChI is InChI=1S/C15H14F3NO3S/c1-2-5-22-12-4-3-10(15(16,17)18)6-9(12)7-13-19-11(8-23-13)14(20)21/h3-4,6,8H,2,5,7H2,1H3,(H,20,21)/p-1. The molecule has 0 aliphatic carbocycles. The Balaban J connectivity index is 2.33. The fourth-order valence-corrected chi connectivity index (χ4v) is 2.68. The highest BCUT2D eigenvalue weighted by molar-refractivity contribution is 7.09. The van der Waals surface area contributed by atoms with E-state index in [-0.39, 0.29) is 12.1 Å². The van der Waals surface area contributed by atoms with Crippen LogP contribution in [0.4, 0.5) is 13.2 Å². The molecule has 1 aromatic carbocycles. The zero-order valence-electron chi connectivity index (χ0n) is 12.1. The van der Waals surface area contributed by atoms with Crippen LogP contribution in [0.25, 0.3) is 0 Å². The van der Waals surface area contributed by atoms with Crippen molar-refractivity contribution < 1.29 is 27.8 Å². The van der Waals surface area contributed by atoms with Crippen molar-refractivity contribution in [3.63, 3.8) is 0 Å². The summed E-state index contributed by atoms with van der Waals surface area (Å²) in [6, 6.07) is 3.25. The molecule has 8 heteroatoms. The number of hydrogen-bond acceptors (Lipinski definition) is 5. The number of carboxylic acid groups (broad SMARTS) is 1. The Morgan fingerprint density at radius 1 is 1.39 bits per heavy atom. The lowest BCUT2D eigenvalue weighted by atomic mass is 10.1. The van der Waals surface area contributed by atoms with Gasteiger partial charge < -0.3 is 14.6 Å². The summed E-state index contributed by atoms with van der Waals surface area (Å²) in [6.07, 6.45) is -3.69. The van der Waals surface area contributed by atoms with Gasteiger partial charge in [-0.3, -0.25) is 0 Å². The van der Waals surface area contributed by atoms with Crippen molar-refractivity contribution >= 4 is 17.3 Å². The summed E-state index contributed by atoms with van der Waals surface area (Å²) in [5.74, 6) is -1.08. The number of carboxylic acids is 1. The largest absolute Gasteiger partial charge is 0.543 e. The molecule has 0 N–H and O–H groups in total. The average molecular weight is 344 g/mol. The molecular weight excluding hydrogens is 331 g/mol. The first-order valence-corrected chi connectivity index (χ1v) is 7.68. The van der Waals surface area contributed by atoms with E-state index in [9.17, 15) is 23.1 Å². The van der Waals surface area contributed by atoms with Gasteiger partial charge in [0, 0.05) is 17.4 Å². The number of benzene rings is 1. The van der Waals surface area contributed by atoms with Gasteiger partial charge in [0.2, 0.25) is 0 Å². The number of aromatic carboxylic acids is 1. The SMILES string of the molecule is CCCOc1ccc(C(F)(F)F)cc1Cc1nc(C(=O)[O-])cs1. The number of halogens is 3. The van der Waals surface area contributed by atoms with Crippen molar-refractivity contribution in [1.82, 2.24) is 4.98 Å². The minimum Gasteiger partial charge on any atom is -0.543 e. The quantitative estimate of drug-likeness (QED) is 0.808. The maximum absolute atomic E-state index is 12.9. The second kappa shape index (κ2) is 6.99. The fraction of sp³-hybridized carbons (Fsp3) is 0.333. The Hall–Kier alpha value is -2.09. The predicted octanol–water partition coefficient (Wildman–Crippen LogP) is 2.91. The van der Waals surface area contributed by atoms with Crippen molar-refractivity contribution in [2.75, 3.05) is 6.61 Å². The Kier molecular flexibility index (Phi) is 5.25. The first-order valence-electron chi connectivity index (χ1n) is 6.80. The summed E-state index contributed by atoms with van der Waals surface area (Å²) in [4.78, 5) is 14.6. The van der Waals surface area contributed by atoms with Crippen molar-refractivity contribution in [1.29, 1.82) is 0 Å². The van der Waals surface area contributed by atoms with Gasteiger partial charge in [-0.05, 0) is 24.6 Å². The van der Waals surface area contributed by atoms with Gasteiger partial charge >= 0.3 is 6.18 Å². The van der Waals surface area contributed by atoms with Crippen molar-refractivity contribution in [2.45, 2.75) is 25.9 Å². The number of hydrogen-bond donors (Lipinski definition) is 0. The van der Waals surface area contributed by atoms with Crippen LogP contribution in [0.15, 0.2) is 23.6 Å². The van der Waals surface area contributed by atoms with Crippen molar-refractivity contribution in [2.24, 2.45) is 0 Å². The summed E-state index contributed by atoms with van der Waals surface area (Å²) >= 11 is 1.05. The number of nitrogens with zero attached hydrogens (tertiary/aromatic N) is 1. The van der Waals surface area contributed by atoms with Gasteiger partial charge in [-0.2, -0.15) is 13.2 Å². The van der Waals surface area contributed by atoms with E-state index in [0.717, 1.165) is 23.5 Å². The van der Waals surface area contributed by atoms with E-state index in [1.807, 2.05) is 6.92 Å². The van der Waals surface area contributed by atoms with E-state index in [0.29, 0.717) is 29.3 Å². The third kappa shape index (κ3) is 4.44. The van der Waals surface area contributed by atoms with Crippen LogP contribution in [-0.4, -0.2) is 17.6 Å². The van der Waals surface area contributed by atoms with Crippen LogP contribution in [0.5, 0.6) is 5.75 Å². The molecule has 124 valence electrons. The topological polar surface area (TPSA) is 62.2 Å². The maximum atomic E-state index is 12.9. The van der Waals surface area contributed by atoms with Gasteiger partial charge in [-0.15, -0.1) is 11.3 Å². The molecule has 2 aromatic rings. The van der Waals surface area contributed by atoms with Crippen LogP contribution >= 0.6 is 11.3 Å². The summed E-state index contributed by atoms with van der Waals surface area (Å²) in [5, 5.41) is 12.4. The molecular formula is C15H13F3NO3S-. The first kappa shape index (κ1) is 17.3. The second-order valence-electron chi connectivity index (χ2n) is 4.76. The number of carbonyl (C=O) groups excluding carboxylic acids is 1. The summed E-state index contributed by atoms with van der Waals surface area (Å²) in [5.41, 5.74) is -0.700. The lowest BCUT2D eigenvalue weighted by molar-refractivity contribution is -0.255. The van der Waals surface area contributed by atoms with Gasteiger partial charge in [-0.1, -0.05) is 6.92 Å². The van der Waals surface area contributed by atoms with Crippen LogP contribution in [0.1, 0.15) is 40.0 Å². The number of thiazole rings is 1. The van der Waals surface area contributed by atoms with Crippen LogP contribution in [0.3, 0.4) is 0 Å². The molecule has 0 spiro atoms. The molecule has 1 aromatic heterocycles. The van der Waals surface area contributed by atoms with E-state index >= 15 is 0 Å². The highest BCUT2D eigenvalue weighted by Gasteiger charge is 2.31. The maximum Gasteiger partial charge on any atom is 0.416 e. The van der Waals surface area contributed by atoms with E-state index in [4.69, 9.17) is 4.74 Å². The molecule has 0 radical (unpaired) electrons. The molecule has 0 bridgehead atoms. The summed E-state index contributed by atoms with van der Waals surface area (Å²) < 4.78 is 44.0. The zero-order chi connectivity index (χ0) is 17.0. The molecule has 0 fully saturated rings. The average Bonchev–Trinajstić information content (AvgIpc) is 2.93. The Morgan fingerprint density at radius 3 is 2.70 bits per heavy atom. The molecule has 0 unspecified atom stereocenters. The Bertz CT molecular complexity index is 698. The smallest absolute Gasteiger partial charge is 0.416 e. The molecule has 23 heavy (non-hydrogen) atoms. The molecule has 2 rings (SSSR count). The van der Waals surface area contributed by atoms with E-state index in [1.165, 1.54) is 11.4 Å². The second-order valence-corrected chi connectivity index (χ2v) is 5.70. The van der Waals surface area contributed by atoms with Gasteiger partial charge in [0.15, 0.2) is 0 Å². The molecule has 4 nitrogen and oxygen atoms in total. The van der Waals surface area contributed by atoms with Crippen LogP contribution < -0.4 is 9.84 Å². The Morgan fingerprint density at radius 2 is 2.13 bits per heavy atom. The first-order chi connectivity index (χ1) is 10.8.